The predicted octanol–water partition coefficient (Wildman–Crippen LogP) is 2.35. The van der Waals surface area contributed by atoms with E-state index in [0.717, 1.165) is 22.2 Å². The molecule has 8 heteroatoms. The molecule has 4 rings (SSSR count). The third-order valence-corrected chi connectivity index (χ3v) is 5.49. The van der Waals surface area contributed by atoms with Crippen LogP contribution in [0.1, 0.15) is 5.56 Å². The Kier molecular flexibility index (Phi) is 6.21. The number of carbonyl (C=O) groups excluding carboxylic acids is 2. The van der Waals surface area contributed by atoms with Gasteiger partial charge in [0, 0.05) is 31.7 Å². The minimum absolute atomic E-state index is 0.0421. The Morgan fingerprint density at radius 3 is 2.50 bits per heavy atom. The molecule has 3 aromatic rings. The van der Waals surface area contributed by atoms with Crippen molar-refractivity contribution in [1.82, 2.24) is 10.3 Å². The van der Waals surface area contributed by atoms with Gasteiger partial charge >= 0.3 is 11.8 Å². The van der Waals surface area contributed by atoms with Crippen molar-refractivity contribution in [2.75, 3.05) is 38.2 Å². The van der Waals surface area contributed by atoms with Gasteiger partial charge in [0.25, 0.3) is 0 Å². The number of fused-ring (bicyclic) bond motifs is 1. The second-order valence-corrected chi connectivity index (χ2v) is 7.37. The third kappa shape index (κ3) is 4.34. The molecule has 1 aliphatic heterocycles. The Bertz CT molecular complexity index is 1170. The number of phenols is 1. The number of hydrogen-bond acceptors (Lipinski definition) is 6. The number of benzene rings is 3. The van der Waals surface area contributed by atoms with Crippen LogP contribution in [-0.4, -0.2) is 61.3 Å². The monoisotopic (exact) mass is 432 g/mol. The average molecular weight is 432 g/mol. The van der Waals surface area contributed by atoms with Gasteiger partial charge in [-0.25, -0.2) is 5.43 Å². The first kappa shape index (κ1) is 21.2. The first-order chi connectivity index (χ1) is 15.6. The van der Waals surface area contributed by atoms with Crippen LogP contribution in [0.15, 0.2) is 65.8 Å². The van der Waals surface area contributed by atoms with E-state index in [-0.39, 0.29) is 5.75 Å². The van der Waals surface area contributed by atoms with Crippen LogP contribution in [0, 0.1) is 0 Å². The molecule has 0 spiro atoms. The minimum atomic E-state index is -0.813. The molecule has 32 heavy (non-hydrogen) atoms. The summed E-state index contributed by atoms with van der Waals surface area (Å²) in [7, 11) is 1.63. The molecule has 0 unspecified atom stereocenters. The van der Waals surface area contributed by atoms with Crippen LogP contribution in [-0.2, 0) is 9.59 Å². The fraction of sp³-hybridized carbons (Fsp3) is 0.208. The Morgan fingerprint density at radius 1 is 1.00 bits per heavy atom. The van der Waals surface area contributed by atoms with Crippen LogP contribution < -0.4 is 15.1 Å². The van der Waals surface area contributed by atoms with Gasteiger partial charge in [-0.3, -0.25) is 9.59 Å². The molecule has 0 radical (unpaired) electrons. The van der Waals surface area contributed by atoms with E-state index in [0.29, 0.717) is 31.7 Å². The van der Waals surface area contributed by atoms with E-state index >= 15 is 0 Å². The highest BCUT2D eigenvalue weighted by Gasteiger charge is 2.26. The quantitative estimate of drug-likeness (QED) is 0.375. The molecule has 2 N–H and O–H groups in total. The predicted molar refractivity (Wildman–Crippen MR) is 123 cm³/mol. The number of carbonyl (C=O) groups is 2. The van der Waals surface area contributed by atoms with Gasteiger partial charge in [-0.15, -0.1) is 0 Å². The molecule has 1 heterocycles. The van der Waals surface area contributed by atoms with Crippen molar-refractivity contribution < 1.29 is 19.4 Å². The summed E-state index contributed by atoms with van der Waals surface area (Å²) < 4.78 is 5.41. The molecule has 2 amide bonds. The van der Waals surface area contributed by atoms with Crippen LogP contribution in [0.2, 0.25) is 0 Å². The number of hydrogen-bond donors (Lipinski definition) is 2. The molecular formula is C24H24N4O4. The zero-order chi connectivity index (χ0) is 22.5. The zero-order valence-corrected chi connectivity index (χ0v) is 17.7. The second kappa shape index (κ2) is 9.38. The first-order valence-electron chi connectivity index (χ1n) is 10.3. The van der Waals surface area contributed by atoms with E-state index in [1.54, 1.807) is 19.2 Å². The fourth-order valence-corrected chi connectivity index (χ4v) is 3.81. The molecule has 0 aliphatic carbocycles. The lowest BCUT2D eigenvalue weighted by molar-refractivity contribution is -0.146. The highest BCUT2D eigenvalue weighted by Crippen LogP contribution is 2.28. The van der Waals surface area contributed by atoms with Gasteiger partial charge in [-0.05, 0) is 29.0 Å². The summed E-state index contributed by atoms with van der Waals surface area (Å²) in [6.07, 6.45) is 1.35. The van der Waals surface area contributed by atoms with Crippen LogP contribution in [0.4, 0.5) is 5.69 Å². The van der Waals surface area contributed by atoms with Crippen LogP contribution in [0.3, 0.4) is 0 Å². The van der Waals surface area contributed by atoms with Crippen molar-refractivity contribution in [2.24, 2.45) is 5.10 Å². The topological polar surface area (TPSA) is 94.5 Å². The Balaban J connectivity index is 1.36. The van der Waals surface area contributed by atoms with Gasteiger partial charge < -0.3 is 19.6 Å². The molecular weight excluding hydrogens is 408 g/mol. The normalized spacial score (nSPS) is 14.0. The van der Waals surface area contributed by atoms with Crippen molar-refractivity contribution in [3.05, 3.63) is 66.2 Å². The number of piperazine rings is 1. The number of nitrogens with zero attached hydrogens (tertiary/aromatic N) is 3. The lowest BCUT2D eigenvalue weighted by Gasteiger charge is -2.36. The molecule has 0 saturated carbocycles. The number of ether oxygens (including phenoxy) is 1. The molecule has 164 valence electrons. The number of aromatic hydroxyl groups is 1. The van der Waals surface area contributed by atoms with Crippen molar-refractivity contribution in [3.63, 3.8) is 0 Å². The summed E-state index contributed by atoms with van der Waals surface area (Å²) >= 11 is 0. The SMILES string of the molecule is COc1ccccc1N1CCN(C(=O)C(=O)N/N=C\c2c(O)ccc3ccccc23)CC1. The van der Waals surface area contributed by atoms with Crippen LogP contribution in [0.25, 0.3) is 10.8 Å². The van der Waals surface area contributed by atoms with Crippen molar-refractivity contribution in [3.8, 4) is 11.5 Å². The maximum atomic E-state index is 12.5. The summed E-state index contributed by atoms with van der Waals surface area (Å²) in [4.78, 5) is 28.5. The summed E-state index contributed by atoms with van der Waals surface area (Å²) in [5.41, 5.74) is 3.71. The molecule has 1 saturated heterocycles. The highest BCUT2D eigenvalue weighted by molar-refractivity contribution is 6.35. The molecule has 3 aromatic carbocycles. The summed E-state index contributed by atoms with van der Waals surface area (Å²) in [6.45, 7) is 2.01. The molecule has 1 fully saturated rings. The number of amides is 2. The molecule has 0 bridgehead atoms. The molecule has 1 aliphatic rings. The van der Waals surface area contributed by atoms with Gasteiger partial charge in [0.05, 0.1) is 19.0 Å². The number of methoxy groups -OCH3 is 1. The zero-order valence-electron chi connectivity index (χ0n) is 17.7. The van der Waals surface area contributed by atoms with E-state index in [9.17, 15) is 14.7 Å². The molecule has 0 aromatic heterocycles. The Hall–Kier alpha value is -4.07. The van der Waals surface area contributed by atoms with Gasteiger partial charge in [-0.2, -0.15) is 5.10 Å². The standard InChI is InChI=1S/C24H24N4O4/c1-32-22-9-5-4-8-20(22)27-12-14-28(15-13-27)24(31)23(30)26-25-16-19-18-7-3-2-6-17(18)10-11-21(19)29/h2-11,16,29H,12-15H2,1H3,(H,26,30)/b25-16-. The number of anilines is 1. The highest BCUT2D eigenvalue weighted by atomic mass is 16.5. The van der Waals surface area contributed by atoms with Crippen LogP contribution in [0.5, 0.6) is 11.5 Å². The molecule has 0 atom stereocenters. The van der Waals surface area contributed by atoms with Gasteiger partial charge in [0.15, 0.2) is 0 Å². The summed E-state index contributed by atoms with van der Waals surface area (Å²) in [6, 6.07) is 18.6. The maximum Gasteiger partial charge on any atom is 0.329 e. The number of hydrazone groups is 1. The van der Waals surface area contributed by atoms with Crippen molar-refractivity contribution >= 4 is 34.5 Å². The summed E-state index contributed by atoms with van der Waals surface area (Å²) in [5, 5.41) is 15.8. The van der Waals surface area contributed by atoms with E-state index in [4.69, 9.17) is 4.74 Å². The Morgan fingerprint density at radius 2 is 1.72 bits per heavy atom. The largest absolute Gasteiger partial charge is 0.507 e. The van der Waals surface area contributed by atoms with E-state index in [1.807, 2.05) is 48.5 Å². The lowest BCUT2D eigenvalue weighted by Crippen LogP contribution is -2.52. The van der Waals surface area contributed by atoms with Gasteiger partial charge in [0.2, 0.25) is 0 Å². The van der Waals surface area contributed by atoms with Gasteiger partial charge in [0.1, 0.15) is 11.5 Å². The van der Waals surface area contributed by atoms with E-state index < -0.39 is 11.8 Å². The smallest absolute Gasteiger partial charge is 0.329 e. The number of rotatable bonds is 4. The van der Waals surface area contributed by atoms with E-state index in [2.05, 4.69) is 15.4 Å². The van der Waals surface area contributed by atoms with Crippen molar-refractivity contribution in [1.29, 1.82) is 0 Å². The lowest BCUT2D eigenvalue weighted by atomic mass is 10.0. The number of nitrogens with one attached hydrogen (secondary N) is 1. The number of para-hydroxylation sites is 2. The Labute approximate surface area is 185 Å². The maximum absolute atomic E-state index is 12.5. The van der Waals surface area contributed by atoms with Gasteiger partial charge in [-0.1, -0.05) is 42.5 Å². The fourth-order valence-electron chi connectivity index (χ4n) is 3.81. The van der Waals surface area contributed by atoms with Crippen LogP contribution >= 0.6 is 0 Å². The average Bonchev–Trinajstić information content (AvgIpc) is 2.85. The minimum Gasteiger partial charge on any atom is -0.507 e. The summed E-state index contributed by atoms with van der Waals surface area (Å²) in [5.74, 6) is -0.632. The van der Waals surface area contributed by atoms with Crippen molar-refractivity contribution in [2.45, 2.75) is 0 Å². The van der Waals surface area contributed by atoms with E-state index in [1.165, 1.54) is 11.1 Å². The first-order valence-corrected chi connectivity index (χ1v) is 10.3. The third-order valence-electron chi connectivity index (χ3n) is 5.49. The second-order valence-electron chi connectivity index (χ2n) is 7.37. The molecule has 8 nitrogen and oxygen atoms in total. The number of phenolic OH excluding ortho intramolecular Hbond substituents is 1.